The number of hydrogen-bond donors (Lipinski definition) is 3. The van der Waals surface area contributed by atoms with Crippen LogP contribution in [0.25, 0.3) is 0 Å². The van der Waals surface area contributed by atoms with Gasteiger partial charge in [-0.05, 0) is 11.6 Å². The van der Waals surface area contributed by atoms with Crippen LogP contribution in [0.2, 0.25) is 0 Å². The molecule has 1 amide bonds. The van der Waals surface area contributed by atoms with Gasteiger partial charge in [-0.15, -0.1) is 0 Å². The summed E-state index contributed by atoms with van der Waals surface area (Å²) >= 11 is 0. The normalized spacial score (nSPS) is 12.1. The highest BCUT2D eigenvalue weighted by Crippen LogP contribution is 2.02. The molecular weight excluding hydrogens is 198 g/mol. The topological polar surface area (TPSA) is 99.4 Å². The minimum Gasteiger partial charge on any atom is -0.480 e. The van der Waals surface area contributed by atoms with Crippen LogP contribution in [0.1, 0.15) is 5.56 Å². The van der Waals surface area contributed by atoms with Gasteiger partial charge in [-0.25, -0.2) is 4.79 Å². The highest BCUT2D eigenvalue weighted by Gasteiger charge is 2.24. The molecule has 0 aromatic carbocycles. The summed E-state index contributed by atoms with van der Waals surface area (Å²) in [6.45, 7) is 0.337. The number of aliphatic carboxylic acids is 1. The predicted octanol–water partition coefficient (Wildman–Crippen LogP) is -0.615. The fourth-order valence-electron chi connectivity index (χ4n) is 1.15. The molecule has 0 aliphatic rings. The summed E-state index contributed by atoms with van der Waals surface area (Å²) in [5.74, 6) is -1.93. The first-order chi connectivity index (χ1) is 7.02. The highest BCUT2D eigenvalue weighted by molar-refractivity contribution is 6.00. The van der Waals surface area contributed by atoms with Crippen molar-refractivity contribution in [3.63, 3.8) is 0 Å². The van der Waals surface area contributed by atoms with Crippen molar-refractivity contribution in [2.75, 3.05) is 7.05 Å². The number of carbonyl (C=O) groups excluding carboxylic acids is 1. The largest absolute Gasteiger partial charge is 0.480 e. The zero-order chi connectivity index (χ0) is 11.4. The average molecular weight is 211 g/mol. The second-order valence-corrected chi connectivity index (χ2v) is 3.23. The van der Waals surface area contributed by atoms with Gasteiger partial charge in [0.05, 0.1) is 0 Å². The third-order valence-corrected chi connectivity index (χ3v) is 1.99. The maximum absolute atomic E-state index is 11.4. The van der Waals surface area contributed by atoms with Crippen molar-refractivity contribution in [2.45, 2.75) is 12.6 Å². The van der Waals surface area contributed by atoms with Crippen molar-refractivity contribution in [2.24, 2.45) is 5.73 Å². The Labute approximate surface area is 86.7 Å². The average Bonchev–Trinajstić information content (AvgIpc) is 2.67. The first-order valence-electron chi connectivity index (χ1n) is 4.37. The molecule has 0 spiro atoms. The predicted molar refractivity (Wildman–Crippen MR) is 52.9 cm³/mol. The molecule has 6 heteroatoms. The summed E-state index contributed by atoms with van der Waals surface area (Å²) in [4.78, 5) is 26.0. The van der Waals surface area contributed by atoms with Gasteiger partial charge >= 0.3 is 5.97 Å². The van der Waals surface area contributed by atoms with Crippen molar-refractivity contribution in [3.05, 3.63) is 24.0 Å². The number of rotatable bonds is 4. The quantitative estimate of drug-likeness (QED) is 0.578. The Bertz CT molecular complexity index is 347. The van der Waals surface area contributed by atoms with Crippen LogP contribution in [0.3, 0.4) is 0 Å². The van der Waals surface area contributed by atoms with Crippen LogP contribution in [0, 0.1) is 0 Å². The number of aromatic amines is 1. The Kier molecular flexibility index (Phi) is 3.46. The lowest BCUT2D eigenvalue weighted by Crippen LogP contribution is -2.46. The fraction of sp³-hybridized carbons (Fsp3) is 0.333. The molecule has 15 heavy (non-hydrogen) atoms. The molecule has 0 aliphatic heterocycles. The maximum atomic E-state index is 11.4. The van der Waals surface area contributed by atoms with Gasteiger partial charge < -0.3 is 20.7 Å². The molecule has 1 unspecified atom stereocenters. The molecule has 1 aromatic heterocycles. The van der Waals surface area contributed by atoms with Crippen molar-refractivity contribution in [1.82, 2.24) is 9.88 Å². The monoisotopic (exact) mass is 211 g/mol. The van der Waals surface area contributed by atoms with Crippen molar-refractivity contribution in [1.29, 1.82) is 0 Å². The zero-order valence-electron chi connectivity index (χ0n) is 8.30. The maximum Gasteiger partial charge on any atom is 0.330 e. The van der Waals surface area contributed by atoms with E-state index in [0.29, 0.717) is 6.54 Å². The first-order valence-corrected chi connectivity index (χ1v) is 4.37. The van der Waals surface area contributed by atoms with Gasteiger partial charge in [-0.2, -0.15) is 0 Å². The third-order valence-electron chi connectivity index (χ3n) is 1.99. The van der Waals surface area contributed by atoms with Gasteiger partial charge in [0, 0.05) is 26.0 Å². The molecule has 1 atom stereocenters. The number of nitrogens with two attached hydrogens (primary N) is 1. The number of aromatic nitrogens is 1. The smallest absolute Gasteiger partial charge is 0.330 e. The molecule has 6 nitrogen and oxygen atoms in total. The van der Waals surface area contributed by atoms with E-state index in [1.807, 2.05) is 0 Å². The van der Waals surface area contributed by atoms with Gasteiger partial charge in [-0.3, -0.25) is 4.79 Å². The Balaban J connectivity index is 2.57. The molecule has 0 fully saturated rings. The molecule has 0 saturated heterocycles. The summed E-state index contributed by atoms with van der Waals surface area (Å²) in [5.41, 5.74) is 6.08. The summed E-state index contributed by atoms with van der Waals surface area (Å²) in [6.07, 6.45) is 3.46. The number of hydrogen-bond acceptors (Lipinski definition) is 3. The zero-order valence-corrected chi connectivity index (χ0v) is 8.30. The van der Waals surface area contributed by atoms with E-state index in [2.05, 4.69) is 4.98 Å². The lowest BCUT2D eigenvalue weighted by Gasteiger charge is -2.18. The molecular formula is C9H13N3O3. The van der Waals surface area contributed by atoms with Gasteiger partial charge in [0.1, 0.15) is 0 Å². The highest BCUT2D eigenvalue weighted by atomic mass is 16.4. The lowest BCUT2D eigenvalue weighted by atomic mass is 10.2. The number of amides is 1. The van der Waals surface area contributed by atoms with Gasteiger partial charge in [-0.1, -0.05) is 0 Å². The van der Waals surface area contributed by atoms with Crippen LogP contribution < -0.4 is 5.73 Å². The standard InChI is InChI=1S/C9H13N3O3/c1-12(5-6-2-3-11-4-6)8(13)7(10)9(14)15/h2-4,7,11H,5,10H2,1H3,(H,14,15). The number of carbonyl (C=O) groups is 2. The van der Waals surface area contributed by atoms with Crippen molar-refractivity contribution >= 4 is 11.9 Å². The van der Waals surface area contributed by atoms with E-state index in [4.69, 9.17) is 10.8 Å². The van der Waals surface area contributed by atoms with Crippen LogP contribution in [-0.4, -0.2) is 40.0 Å². The number of carboxylic acids is 1. The van der Waals surface area contributed by atoms with Crippen LogP contribution in [-0.2, 0) is 16.1 Å². The van der Waals surface area contributed by atoms with E-state index >= 15 is 0 Å². The Hall–Kier alpha value is -1.82. The van der Waals surface area contributed by atoms with Crippen LogP contribution >= 0.6 is 0 Å². The lowest BCUT2D eigenvalue weighted by molar-refractivity contribution is -0.146. The van der Waals surface area contributed by atoms with Gasteiger partial charge in [0.15, 0.2) is 6.04 Å². The van der Waals surface area contributed by atoms with E-state index in [9.17, 15) is 9.59 Å². The molecule has 82 valence electrons. The van der Waals surface area contributed by atoms with E-state index in [1.165, 1.54) is 11.9 Å². The minimum absolute atomic E-state index is 0.337. The van der Waals surface area contributed by atoms with Crippen molar-refractivity contribution in [3.8, 4) is 0 Å². The SMILES string of the molecule is CN(Cc1cc[nH]c1)C(=O)C(N)C(=O)O. The van der Waals surface area contributed by atoms with E-state index < -0.39 is 17.9 Å². The molecule has 0 aliphatic carbocycles. The Morgan fingerprint density at radius 2 is 2.33 bits per heavy atom. The number of nitrogens with zero attached hydrogens (tertiary/aromatic N) is 1. The van der Waals surface area contributed by atoms with Gasteiger partial charge in [0.2, 0.25) is 0 Å². The molecule has 0 bridgehead atoms. The molecule has 1 aromatic rings. The van der Waals surface area contributed by atoms with Crippen LogP contribution in [0.4, 0.5) is 0 Å². The van der Waals surface area contributed by atoms with Gasteiger partial charge in [0.25, 0.3) is 5.91 Å². The van der Waals surface area contributed by atoms with Crippen molar-refractivity contribution < 1.29 is 14.7 Å². The third kappa shape index (κ3) is 2.81. The molecule has 1 rings (SSSR count). The summed E-state index contributed by atoms with van der Waals surface area (Å²) in [5, 5.41) is 8.55. The molecule has 1 heterocycles. The number of H-pyrrole nitrogens is 1. The van der Waals surface area contributed by atoms with Crippen LogP contribution in [0.15, 0.2) is 18.5 Å². The van der Waals surface area contributed by atoms with E-state index in [0.717, 1.165) is 5.56 Å². The van der Waals surface area contributed by atoms with E-state index in [1.54, 1.807) is 18.5 Å². The first kappa shape index (κ1) is 11.3. The molecule has 0 saturated carbocycles. The second-order valence-electron chi connectivity index (χ2n) is 3.23. The number of carboxylic acid groups (broad SMARTS) is 1. The fourth-order valence-corrected chi connectivity index (χ4v) is 1.15. The summed E-state index contributed by atoms with van der Waals surface area (Å²) in [6, 6.07) is 0.310. The van der Waals surface area contributed by atoms with E-state index in [-0.39, 0.29) is 0 Å². The number of likely N-dealkylation sites (N-methyl/N-ethyl adjacent to an activating group) is 1. The Morgan fingerprint density at radius 1 is 1.67 bits per heavy atom. The molecule has 4 N–H and O–H groups in total. The number of nitrogens with one attached hydrogen (secondary N) is 1. The van der Waals surface area contributed by atoms with Crippen LogP contribution in [0.5, 0.6) is 0 Å². The molecule has 0 radical (unpaired) electrons. The second kappa shape index (κ2) is 4.61. The summed E-state index contributed by atoms with van der Waals surface area (Å²) in [7, 11) is 1.51. The Morgan fingerprint density at radius 3 is 2.80 bits per heavy atom. The summed E-state index contributed by atoms with van der Waals surface area (Å²) < 4.78 is 0. The minimum atomic E-state index is -1.49.